The third-order valence-corrected chi connectivity index (χ3v) is 3.40. The molecule has 1 saturated carbocycles. The Morgan fingerprint density at radius 3 is 2.79 bits per heavy atom. The van der Waals surface area contributed by atoms with Crippen molar-refractivity contribution in [3.63, 3.8) is 0 Å². The number of amides is 1. The van der Waals surface area contributed by atoms with E-state index in [1.54, 1.807) is 7.05 Å². The van der Waals surface area contributed by atoms with Gasteiger partial charge in [0.2, 0.25) is 0 Å². The quantitative estimate of drug-likeness (QED) is 0.621. The zero-order chi connectivity index (χ0) is 13.8. The zero-order valence-electron chi connectivity index (χ0n) is 11.0. The molecule has 1 amide bonds. The number of nitrogens with one attached hydrogen (secondary N) is 2. The highest BCUT2D eigenvalue weighted by Gasteiger charge is 2.22. The van der Waals surface area contributed by atoms with Gasteiger partial charge in [-0.3, -0.25) is 4.79 Å². The number of carbonyl (C=O) groups excluding carboxylic acids is 1. The second-order valence-electron chi connectivity index (χ2n) is 4.77. The van der Waals surface area contributed by atoms with Crippen LogP contribution in [-0.4, -0.2) is 35.0 Å². The Labute approximate surface area is 112 Å². The van der Waals surface area contributed by atoms with Crippen LogP contribution in [0.3, 0.4) is 0 Å². The molecule has 1 aromatic rings. The van der Waals surface area contributed by atoms with E-state index in [1.165, 1.54) is 12.6 Å². The van der Waals surface area contributed by atoms with Gasteiger partial charge in [-0.1, -0.05) is 12.8 Å². The molecule has 0 bridgehead atoms. The van der Waals surface area contributed by atoms with Crippen LogP contribution < -0.4 is 22.1 Å². The number of carbonyl (C=O) groups is 1. The van der Waals surface area contributed by atoms with E-state index >= 15 is 0 Å². The summed E-state index contributed by atoms with van der Waals surface area (Å²) in [5, 5.41) is 6.10. The first-order chi connectivity index (χ1) is 9.11. The second-order valence-corrected chi connectivity index (χ2v) is 4.77. The Kier molecular flexibility index (Phi) is 4.16. The number of anilines is 2. The maximum Gasteiger partial charge on any atom is 0.271 e. The van der Waals surface area contributed by atoms with Crippen molar-refractivity contribution in [2.75, 3.05) is 17.7 Å². The van der Waals surface area contributed by atoms with Crippen molar-refractivity contribution in [2.45, 2.75) is 37.8 Å². The molecule has 19 heavy (non-hydrogen) atoms. The van der Waals surface area contributed by atoms with E-state index < -0.39 is 5.91 Å². The van der Waals surface area contributed by atoms with Crippen LogP contribution in [0.25, 0.3) is 0 Å². The molecule has 0 aromatic carbocycles. The van der Waals surface area contributed by atoms with Crippen molar-refractivity contribution in [1.82, 2.24) is 9.97 Å². The first-order valence-corrected chi connectivity index (χ1v) is 6.48. The summed E-state index contributed by atoms with van der Waals surface area (Å²) in [5.74, 6) is 0.386. The number of hydrogen-bond donors (Lipinski definition) is 4. The minimum absolute atomic E-state index is 0.129. The Balaban J connectivity index is 2.14. The fraction of sp³-hybridized carbons (Fsp3) is 0.583. The van der Waals surface area contributed by atoms with Crippen LogP contribution >= 0.6 is 0 Å². The molecule has 6 N–H and O–H groups in total. The van der Waals surface area contributed by atoms with Crippen LogP contribution in [0.2, 0.25) is 0 Å². The monoisotopic (exact) mass is 264 g/mol. The average molecular weight is 264 g/mol. The maximum atomic E-state index is 11.2. The van der Waals surface area contributed by atoms with Crippen LogP contribution in [0, 0.1) is 0 Å². The molecule has 1 aliphatic carbocycles. The molecule has 2 atom stereocenters. The van der Waals surface area contributed by atoms with Crippen LogP contribution in [0.1, 0.15) is 36.2 Å². The molecular weight excluding hydrogens is 244 g/mol. The molecule has 1 aliphatic rings. The largest absolute Gasteiger partial charge is 0.371 e. The number of primary amides is 1. The average Bonchev–Trinajstić information content (AvgIpc) is 2.41. The molecular formula is C12H20N6O. The van der Waals surface area contributed by atoms with Gasteiger partial charge >= 0.3 is 0 Å². The maximum absolute atomic E-state index is 11.2. The highest BCUT2D eigenvalue weighted by Crippen LogP contribution is 2.21. The predicted octanol–water partition coefficient (Wildman–Crippen LogP) is 0.299. The summed E-state index contributed by atoms with van der Waals surface area (Å²) >= 11 is 0. The second kappa shape index (κ2) is 5.83. The molecule has 104 valence electrons. The zero-order valence-corrected chi connectivity index (χ0v) is 11.0. The van der Waals surface area contributed by atoms with Gasteiger partial charge in [-0.15, -0.1) is 0 Å². The third kappa shape index (κ3) is 3.11. The molecule has 0 spiro atoms. The molecule has 0 saturated heterocycles. The van der Waals surface area contributed by atoms with Gasteiger partial charge in [0.15, 0.2) is 11.5 Å². The summed E-state index contributed by atoms with van der Waals surface area (Å²) in [7, 11) is 1.67. The van der Waals surface area contributed by atoms with Crippen molar-refractivity contribution >= 4 is 17.5 Å². The summed E-state index contributed by atoms with van der Waals surface area (Å²) in [5.41, 5.74) is 11.4. The Bertz CT molecular complexity index is 464. The van der Waals surface area contributed by atoms with E-state index in [1.807, 2.05) is 0 Å². The topological polar surface area (TPSA) is 119 Å². The minimum Gasteiger partial charge on any atom is -0.371 e. The Morgan fingerprint density at radius 2 is 2.16 bits per heavy atom. The lowest BCUT2D eigenvalue weighted by Gasteiger charge is -2.29. The van der Waals surface area contributed by atoms with E-state index in [-0.39, 0.29) is 17.8 Å². The van der Waals surface area contributed by atoms with Crippen LogP contribution in [0.4, 0.5) is 11.6 Å². The van der Waals surface area contributed by atoms with Gasteiger partial charge in [0.1, 0.15) is 5.82 Å². The van der Waals surface area contributed by atoms with Crippen molar-refractivity contribution in [2.24, 2.45) is 11.5 Å². The van der Waals surface area contributed by atoms with E-state index in [2.05, 4.69) is 20.6 Å². The molecule has 1 fully saturated rings. The lowest BCUT2D eigenvalue weighted by atomic mass is 9.91. The molecule has 2 unspecified atom stereocenters. The first-order valence-electron chi connectivity index (χ1n) is 6.48. The molecule has 0 radical (unpaired) electrons. The summed E-state index contributed by atoms with van der Waals surface area (Å²) < 4.78 is 0. The van der Waals surface area contributed by atoms with Gasteiger partial charge in [0.05, 0.1) is 6.20 Å². The van der Waals surface area contributed by atoms with E-state index in [4.69, 9.17) is 11.5 Å². The van der Waals surface area contributed by atoms with Gasteiger partial charge in [0, 0.05) is 19.1 Å². The summed E-state index contributed by atoms with van der Waals surface area (Å²) in [6.07, 6.45) is 5.89. The molecule has 0 aliphatic heterocycles. The number of nitrogens with zero attached hydrogens (tertiary/aromatic N) is 2. The normalized spacial score (nSPS) is 22.8. The number of nitrogens with two attached hydrogens (primary N) is 2. The standard InChI is InChI=1S/C12H20N6O/c1-15-12-10(11(14)19)16-6-9(18-12)17-8-5-3-2-4-7(8)13/h6-8H,2-5,13H2,1H3,(H2,14,19)(H2,15,17,18). The number of rotatable bonds is 4. The van der Waals surface area contributed by atoms with E-state index in [0.29, 0.717) is 11.6 Å². The Morgan fingerprint density at radius 1 is 1.42 bits per heavy atom. The van der Waals surface area contributed by atoms with Crippen molar-refractivity contribution < 1.29 is 4.79 Å². The SMILES string of the molecule is CNc1nc(NC2CCCCC2N)cnc1C(N)=O. The number of hydrogen-bond acceptors (Lipinski definition) is 6. The summed E-state index contributed by atoms with van der Waals surface area (Å²) in [6.45, 7) is 0. The predicted molar refractivity (Wildman–Crippen MR) is 74.0 cm³/mol. The van der Waals surface area contributed by atoms with Crippen LogP contribution in [0.5, 0.6) is 0 Å². The Hall–Kier alpha value is -1.89. The van der Waals surface area contributed by atoms with Crippen molar-refractivity contribution in [1.29, 1.82) is 0 Å². The smallest absolute Gasteiger partial charge is 0.271 e. The van der Waals surface area contributed by atoms with Gasteiger partial charge < -0.3 is 22.1 Å². The lowest BCUT2D eigenvalue weighted by molar-refractivity contribution is 0.0996. The van der Waals surface area contributed by atoms with E-state index in [0.717, 1.165) is 19.3 Å². The highest BCUT2D eigenvalue weighted by atomic mass is 16.1. The molecule has 7 nitrogen and oxygen atoms in total. The molecule has 7 heteroatoms. The molecule has 2 rings (SSSR count). The third-order valence-electron chi connectivity index (χ3n) is 3.40. The van der Waals surface area contributed by atoms with Crippen LogP contribution in [-0.2, 0) is 0 Å². The van der Waals surface area contributed by atoms with Gasteiger partial charge in [-0.05, 0) is 12.8 Å². The van der Waals surface area contributed by atoms with Crippen LogP contribution in [0.15, 0.2) is 6.20 Å². The molecule has 1 aromatic heterocycles. The van der Waals surface area contributed by atoms with Gasteiger partial charge in [-0.25, -0.2) is 9.97 Å². The van der Waals surface area contributed by atoms with Gasteiger partial charge in [0.25, 0.3) is 5.91 Å². The highest BCUT2D eigenvalue weighted by molar-refractivity contribution is 5.95. The fourth-order valence-corrected chi connectivity index (χ4v) is 2.34. The summed E-state index contributed by atoms with van der Waals surface area (Å²) in [4.78, 5) is 19.5. The minimum atomic E-state index is -0.599. The number of aromatic nitrogens is 2. The summed E-state index contributed by atoms with van der Waals surface area (Å²) in [6, 6.07) is 0.330. The van der Waals surface area contributed by atoms with Crippen molar-refractivity contribution in [3.8, 4) is 0 Å². The molecule has 1 heterocycles. The lowest BCUT2D eigenvalue weighted by Crippen LogP contribution is -2.42. The first kappa shape index (κ1) is 13.5. The fourth-order valence-electron chi connectivity index (χ4n) is 2.34. The van der Waals surface area contributed by atoms with Crippen molar-refractivity contribution in [3.05, 3.63) is 11.9 Å². The van der Waals surface area contributed by atoms with Gasteiger partial charge in [-0.2, -0.15) is 0 Å². The van der Waals surface area contributed by atoms with E-state index in [9.17, 15) is 4.79 Å².